The fraction of sp³-hybridized carbons (Fsp3) is 0.696. The van der Waals surface area contributed by atoms with Crippen LogP contribution in [-0.4, -0.2) is 105 Å². The first-order valence-corrected chi connectivity index (χ1v) is 10.8. The van der Waals surface area contributed by atoms with E-state index < -0.39 is 6.10 Å². The zero-order valence-electron chi connectivity index (χ0n) is 19.5. The summed E-state index contributed by atoms with van der Waals surface area (Å²) in [5.74, 6) is 0.638. The van der Waals surface area contributed by atoms with E-state index in [0.29, 0.717) is 57.3 Å². The number of aliphatic hydroxyl groups excluding tert-OH is 1. The molecule has 2 atom stereocenters. The average Bonchev–Trinajstić information content (AvgIpc) is 2.74. The number of methoxy groups -OCH3 is 2. The van der Waals surface area contributed by atoms with Gasteiger partial charge in [0.2, 0.25) is 0 Å². The highest BCUT2D eigenvalue weighted by Crippen LogP contribution is 2.15. The molecule has 0 spiro atoms. The van der Waals surface area contributed by atoms with E-state index in [1.54, 1.807) is 43.4 Å². The summed E-state index contributed by atoms with van der Waals surface area (Å²) in [6.07, 6.45) is -0.702. The van der Waals surface area contributed by atoms with Gasteiger partial charge in [0.15, 0.2) is 0 Å². The van der Waals surface area contributed by atoms with Crippen LogP contribution in [0.1, 0.15) is 31.1 Å². The molecule has 1 aromatic rings. The van der Waals surface area contributed by atoms with E-state index in [2.05, 4.69) is 4.90 Å². The Kier molecular flexibility index (Phi) is 10.2. The van der Waals surface area contributed by atoms with Crippen LogP contribution in [-0.2, 0) is 14.2 Å². The van der Waals surface area contributed by atoms with Crippen LogP contribution in [0.15, 0.2) is 24.3 Å². The van der Waals surface area contributed by atoms with Gasteiger partial charge in [0.1, 0.15) is 5.75 Å². The quantitative estimate of drug-likeness (QED) is 0.563. The number of aliphatic hydroxyl groups is 1. The smallest absolute Gasteiger partial charge is 0.254 e. The van der Waals surface area contributed by atoms with Gasteiger partial charge in [-0.1, -0.05) is 0 Å². The van der Waals surface area contributed by atoms with E-state index in [0.717, 1.165) is 6.54 Å². The van der Waals surface area contributed by atoms with Crippen LogP contribution in [0.5, 0.6) is 5.75 Å². The molecule has 0 saturated carbocycles. The van der Waals surface area contributed by atoms with E-state index >= 15 is 0 Å². The fourth-order valence-corrected chi connectivity index (χ4v) is 3.39. The molecule has 1 amide bonds. The minimum absolute atomic E-state index is 0.0703. The summed E-state index contributed by atoms with van der Waals surface area (Å²) in [6, 6.07) is 7.09. The zero-order chi connectivity index (χ0) is 22.9. The predicted molar refractivity (Wildman–Crippen MR) is 119 cm³/mol. The first kappa shape index (κ1) is 25.5. The second-order valence-corrected chi connectivity index (χ2v) is 8.80. The first-order valence-electron chi connectivity index (χ1n) is 10.8. The van der Waals surface area contributed by atoms with Crippen molar-refractivity contribution in [1.82, 2.24) is 9.80 Å². The third kappa shape index (κ3) is 9.13. The summed E-state index contributed by atoms with van der Waals surface area (Å²) >= 11 is 0. The molecular weight excluding hydrogens is 400 g/mol. The van der Waals surface area contributed by atoms with Gasteiger partial charge in [-0.05, 0) is 45.0 Å². The molecule has 176 valence electrons. The van der Waals surface area contributed by atoms with Crippen LogP contribution in [0.3, 0.4) is 0 Å². The number of rotatable bonds is 11. The normalized spacial score (nSPS) is 18.6. The van der Waals surface area contributed by atoms with Gasteiger partial charge >= 0.3 is 0 Å². The summed E-state index contributed by atoms with van der Waals surface area (Å²) in [4.78, 5) is 17.0. The Morgan fingerprint density at radius 2 is 2.00 bits per heavy atom. The molecule has 8 nitrogen and oxygen atoms in total. The maximum Gasteiger partial charge on any atom is 0.254 e. The molecule has 0 bridgehead atoms. The van der Waals surface area contributed by atoms with E-state index in [1.807, 2.05) is 20.8 Å². The molecule has 0 aliphatic carbocycles. The Labute approximate surface area is 186 Å². The highest BCUT2D eigenvalue weighted by Gasteiger charge is 2.27. The number of hydrogen-bond acceptors (Lipinski definition) is 7. The van der Waals surface area contributed by atoms with Crippen LogP contribution < -0.4 is 4.74 Å². The number of carbonyl (C=O) groups excluding carboxylic acids is 1. The van der Waals surface area contributed by atoms with Crippen molar-refractivity contribution in [2.75, 3.05) is 66.8 Å². The van der Waals surface area contributed by atoms with Crippen LogP contribution in [0.2, 0.25) is 0 Å². The van der Waals surface area contributed by atoms with Gasteiger partial charge in [-0.25, -0.2) is 0 Å². The molecule has 1 heterocycles. The number of benzene rings is 1. The highest BCUT2D eigenvalue weighted by molar-refractivity contribution is 5.94. The molecule has 1 fully saturated rings. The number of amides is 1. The Morgan fingerprint density at radius 1 is 1.29 bits per heavy atom. The van der Waals surface area contributed by atoms with Crippen LogP contribution in [0.25, 0.3) is 0 Å². The zero-order valence-corrected chi connectivity index (χ0v) is 19.5. The second kappa shape index (κ2) is 12.4. The van der Waals surface area contributed by atoms with Crippen molar-refractivity contribution in [3.63, 3.8) is 0 Å². The first-order chi connectivity index (χ1) is 14.7. The Morgan fingerprint density at radius 3 is 2.61 bits per heavy atom. The lowest BCUT2D eigenvalue weighted by molar-refractivity contribution is -0.0784. The molecular formula is C23H38N2O6. The number of β-amino-alcohol motifs (C(OH)–C–C–N with tert-alkyl or cyclic N) is 1. The van der Waals surface area contributed by atoms with Crippen molar-refractivity contribution in [1.29, 1.82) is 0 Å². The van der Waals surface area contributed by atoms with Crippen molar-refractivity contribution in [2.45, 2.75) is 38.6 Å². The molecule has 1 saturated heterocycles. The third-order valence-electron chi connectivity index (χ3n) is 5.01. The van der Waals surface area contributed by atoms with Gasteiger partial charge in [-0.2, -0.15) is 0 Å². The third-order valence-corrected chi connectivity index (χ3v) is 5.01. The minimum atomic E-state index is -0.566. The summed E-state index contributed by atoms with van der Waals surface area (Å²) < 4.78 is 22.0. The van der Waals surface area contributed by atoms with Gasteiger partial charge < -0.3 is 29.0 Å². The Hall–Kier alpha value is -1.71. The van der Waals surface area contributed by atoms with Gasteiger partial charge in [-0.3, -0.25) is 9.69 Å². The lowest BCUT2D eigenvalue weighted by atomic mass is 10.1. The Bertz CT molecular complexity index is 661. The summed E-state index contributed by atoms with van der Waals surface area (Å²) in [5.41, 5.74) is 0.317. The summed E-state index contributed by atoms with van der Waals surface area (Å²) in [5, 5.41) is 10.3. The summed E-state index contributed by atoms with van der Waals surface area (Å²) in [7, 11) is 3.22. The van der Waals surface area contributed by atoms with E-state index in [9.17, 15) is 9.90 Å². The van der Waals surface area contributed by atoms with Crippen molar-refractivity contribution in [3.05, 3.63) is 29.8 Å². The number of carbonyl (C=O) groups is 1. The largest absolute Gasteiger partial charge is 0.497 e. The number of nitrogens with zero attached hydrogens (tertiary/aromatic N) is 2. The topological polar surface area (TPSA) is 80.7 Å². The summed E-state index contributed by atoms with van der Waals surface area (Å²) in [6.45, 7) is 10.0. The average molecular weight is 439 g/mol. The van der Waals surface area contributed by atoms with Crippen molar-refractivity contribution in [3.8, 4) is 5.75 Å². The standard InChI is InChI=1S/C23H38N2O6/c1-23(2,3)31-17-19(26)14-24-10-13-30-21(15-24)16-25(11-12-28-4)22(27)18-6-8-20(29-5)9-7-18/h6-9,19,21,26H,10-17H2,1-5H3. The van der Waals surface area contributed by atoms with Crippen molar-refractivity contribution in [2.24, 2.45) is 0 Å². The predicted octanol–water partition coefficient (Wildman–Crippen LogP) is 1.66. The molecule has 31 heavy (non-hydrogen) atoms. The molecule has 8 heteroatoms. The van der Waals surface area contributed by atoms with Gasteiger partial charge in [0, 0.05) is 45.4 Å². The lowest BCUT2D eigenvalue weighted by Gasteiger charge is -2.36. The van der Waals surface area contributed by atoms with Crippen molar-refractivity contribution < 1.29 is 28.8 Å². The SMILES string of the molecule is COCCN(CC1CN(CC(O)COC(C)(C)C)CCO1)C(=O)c1ccc(OC)cc1. The van der Waals surface area contributed by atoms with E-state index in [4.69, 9.17) is 18.9 Å². The van der Waals surface area contributed by atoms with Crippen molar-refractivity contribution >= 4 is 5.91 Å². The monoisotopic (exact) mass is 438 g/mol. The van der Waals surface area contributed by atoms with Gasteiger partial charge in [0.05, 0.1) is 44.7 Å². The lowest BCUT2D eigenvalue weighted by Crippen LogP contribution is -2.51. The number of hydrogen-bond donors (Lipinski definition) is 1. The molecule has 0 aromatic heterocycles. The molecule has 1 N–H and O–H groups in total. The molecule has 2 rings (SSSR count). The number of ether oxygens (including phenoxy) is 4. The maximum absolute atomic E-state index is 13.1. The number of morpholine rings is 1. The highest BCUT2D eigenvalue weighted by atomic mass is 16.5. The fourth-order valence-electron chi connectivity index (χ4n) is 3.39. The van der Waals surface area contributed by atoms with Crippen LogP contribution in [0.4, 0.5) is 0 Å². The van der Waals surface area contributed by atoms with Gasteiger partial charge in [0.25, 0.3) is 5.91 Å². The molecule has 2 unspecified atom stereocenters. The minimum Gasteiger partial charge on any atom is -0.497 e. The molecule has 0 radical (unpaired) electrons. The molecule has 1 aliphatic rings. The van der Waals surface area contributed by atoms with E-state index in [-0.39, 0.29) is 17.6 Å². The van der Waals surface area contributed by atoms with Gasteiger partial charge in [-0.15, -0.1) is 0 Å². The Balaban J connectivity index is 1.94. The maximum atomic E-state index is 13.1. The van der Waals surface area contributed by atoms with Crippen LogP contribution in [0, 0.1) is 0 Å². The van der Waals surface area contributed by atoms with E-state index in [1.165, 1.54) is 0 Å². The molecule has 1 aliphatic heterocycles. The second-order valence-electron chi connectivity index (χ2n) is 8.80. The van der Waals surface area contributed by atoms with Crippen LogP contribution >= 0.6 is 0 Å². The molecule has 1 aromatic carbocycles.